The molecule has 0 radical (unpaired) electrons. The van der Waals surface area contributed by atoms with Crippen LogP contribution in [0.2, 0.25) is 0 Å². The monoisotopic (exact) mass is 325 g/mol. The topological polar surface area (TPSA) is 45.2 Å². The van der Waals surface area contributed by atoms with Crippen LogP contribution in [-0.2, 0) is 11.0 Å². The number of rotatable bonds is 1. The molecule has 7 heteroatoms. The number of nitrogens with zero attached hydrogens (tertiary/aromatic N) is 2. The second-order valence-electron chi connectivity index (χ2n) is 6.92. The van der Waals surface area contributed by atoms with E-state index in [9.17, 15) is 18.0 Å². The van der Waals surface area contributed by atoms with Crippen LogP contribution in [0.25, 0.3) is 0 Å². The van der Waals surface area contributed by atoms with Crippen molar-refractivity contribution in [3.8, 4) is 0 Å². The Morgan fingerprint density at radius 3 is 2.61 bits per heavy atom. The summed E-state index contributed by atoms with van der Waals surface area (Å²) in [5.74, 6) is 0.886. The molecule has 1 N–H and O–H groups in total. The van der Waals surface area contributed by atoms with E-state index in [-0.39, 0.29) is 17.1 Å². The van der Waals surface area contributed by atoms with Crippen molar-refractivity contribution in [2.24, 2.45) is 17.3 Å². The minimum absolute atomic E-state index is 0.0851. The average Bonchev–Trinajstić information content (AvgIpc) is 2.89. The molecular formula is C16H18F3N3O. The fraction of sp³-hybridized carbons (Fsp3) is 0.625. The fourth-order valence-corrected chi connectivity index (χ4v) is 4.67. The van der Waals surface area contributed by atoms with Crippen LogP contribution in [0.1, 0.15) is 24.8 Å². The molecule has 4 nitrogen and oxygen atoms in total. The Balaban J connectivity index is 1.65. The Hall–Kier alpha value is -1.63. The van der Waals surface area contributed by atoms with Gasteiger partial charge in [0.05, 0.1) is 5.56 Å². The standard InChI is InChI=1S/C16H18F3N3O/c17-16(18,19)10-3-4-21-13(5-10)22-9-15(6-14(22)23)11-1-2-12(15)8-20-7-11/h3-5,11-12,20H,1-2,6-9H2. The molecule has 4 rings (SSSR count). The molecule has 1 saturated carbocycles. The summed E-state index contributed by atoms with van der Waals surface area (Å²) in [5, 5.41) is 3.40. The van der Waals surface area contributed by atoms with Gasteiger partial charge in [0.2, 0.25) is 5.91 Å². The van der Waals surface area contributed by atoms with E-state index in [1.165, 1.54) is 4.90 Å². The van der Waals surface area contributed by atoms with Crippen molar-refractivity contribution >= 4 is 11.7 Å². The third-order valence-corrected chi connectivity index (χ3v) is 5.85. The zero-order valence-electron chi connectivity index (χ0n) is 12.6. The van der Waals surface area contributed by atoms with E-state index in [0.29, 0.717) is 24.8 Å². The molecule has 3 aliphatic rings. The highest BCUT2D eigenvalue weighted by atomic mass is 19.4. The molecule has 1 aromatic heterocycles. The number of halogens is 3. The number of carbonyl (C=O) groups is 1. The van der Waals surface area contributed by atoms with Gasteiger partial charge in [-0.2, -0.15) is 13.2 Å². The largest absolute Gasteiger partial charge is 0.416 e. The maximum Gasteiger partial charge on any atom is 0.416 e. The van der Waals surface area contributed by atoms with Crippen LogP contribution in [0.5, 0.6) is 0 Å². The molecule has 2 bridgehead atoms. The number of nitrogens with one attached hydrogen (secondary N) is 1. The third kappa shape index (κ3) is 2.24. The van der Waals surface area contributed by atoms with Crippen molar-refractivity contribution in [2.45, 2.75) is 25.4 Å². The Morgan fingerprint density at radius 2 is 1.96 bits per heavy atom. The lowest BCUT2D eigenvalue weighted by Crippen LogP contribution is -2.48. The number of hydrogen-bond acceptors (Lipinski definition) is 3. The van der Waals surface area contributed by atoms with Crippen LogP contribution >= 0.6 is 0 Å². The molecule has 2 atom stereocenters. The van der Waals surface area contributed by atoms with E-state index in [1.54, 1.807) is 0 Å². The molecule has 1 amide bonds. The van der Waals surface area contributed by atoms with Gasteiger partial charge < -0.3 is 5.32 Å². The van der Waals surface area contributed by atoms with Crippen LogP contribution < -0.4 is 10.2 Å². The van der Waals surface area contributed by atoms with E-state index in [1.807, 2.05) is 0 Å². The number of amides is 1. The van der Waals surface area contributed by atoms with Gasteiger partial charge in [0.15, 0.2) is 0 Å². The summed E-state index contributed by atoms with van der Waals surface area (Å²) in [6.07, 6.45) is -0.676. The summed E-state index contributed by atoms with van der Waals surface area (Å²) in [6.45, 7) is 2.29. The van der Waals surface area contributed by atoms with E-state index in [4.69, 9.17) is 0 Å². The summed E-state index contributed by atoms with van der Waals surface area (Å²) in [4.78, 5) is 18.0. The summed E-state index contributed by atoms with van der Waals surface area (Å²) in [5.41, 5.74) is -0.845. The van der Waals surface area contributed by atoms with Gasteiger partial charge in [-0.05, 0) is 49.9 Å². The number of anilines is 1. The van der Waals surface area contributed by atoms with E-state index in [2.05, 4.69) is 10.3 Å². The first-order chi connectivity index (χ1) is 10.9. The summed E-state index contributed by atoms with van der Waals surface area (Å²) in [7, 11) is 0. The quantitative estimate of drug-likeness (QED) is 0.863. The molecule has 2 unspecified atom stereocenters. The van der Waals surface area contributed by atoms with Crippen LogP contribution in [0, 0.1) is 17.3 Å². The van der Waals surface area contributed by atoms with Crippen molar-refractivity contribution in [1.82, 2.24) is 10.3 Å². The molecule has 124 valence electrons. The Labute approximate surface area is 132 Å². The molecule has 1 spiro atoms. The number of piperidine rings is 1. The third-order valence-electron chi connectivity index (χ3n) is 5.85. The van der Waals surface area contributed by atoms with Gasteiger partial charge in [-0.15, -0.1) is 0 Å². The fourth-order valence-electron chi connectivity index (χ4n) is 4.67. The minimum atomic E-state index is -4.42. The molecule has 1 aliphatic carbocycles. The van der Waals surface area contributed by atoms with Crippen molar-refractivity contribution < 1.29 is 18.0 Å². The number of aromatic nitrogens is 1. The molecule has 1 aromatic rings. The van der Waals surface area contributed by atoms with Gasteiger partial charge >= 0.3 is 6.18 Å². The second kappa shape index (κ2) is 4.93. The van der Waals surface area contributed by atoms with Gasteiger partial charge in [-0.25, -0.2) is 4.98 Å². The summed E-state index contributed by atoms with van der Waals surface area (Å²) in [6, 6.07) is 1.92. The van der Waals surface area contributed by atoms with Crippen molar-refractivity contribution in [2.75, 3.05) is 24.5 Å². The van der Waals surface area contributed by atoms with Crippen LogP contribution in [0.15, 0.2) is 18.3 Å². The average molecular weight is 325 g/mol. The van der Waals surface area contributed by atoms with Gasteiger partial charge in [0.1, 0.15) is 5.82 Å². The molecule has 0 aromatic carbocycles. The summed E-state index contributed by atoms with van der Waals surface area (Å²) >= 11 is 0. The lowest BCUT2D eigenvalue weighted by Gasteiger charge is -2.40. The molecular weight excluding hydrogens is 307 g/mol. The summed E-state index contributed by atoms with van der Waals surface area (Å²) < 4.78 is 38.7. The lowest BCUT2D eigenvalue weighted by atomic mass is 9.69. The van der Waals surface area contributed by atoms with Gasteiger partial charge in [-0.1, -0.05) is 0 Å². The van der Waals surface area contributed by atoms with Crippen molar-refractivity contribution in [3.05, 3.63) is 23.9 Å². The highest BCUT2D eigenvalue weighted by Gasteiger charge is 2.57. The lowest BCUT2D eigenvalue weighted by molar-refractivity contribution is -0.137. The number of carbonyl (C=O) groups excluding carboxylic acids is 1. The minimum Gasteiger partial charge on any atom is -0.316 e. The highest BCUT2D eigenvalue weighted by molar-refractivity contribution is 5.95. The molecule has 2 aliphatic heterocycles. The highest BCUT2D eigenvalue weighted by Crippen LogP contribution is 2.55. The van der Waals surface area contributed by atoms with E-state index in [0.717, 1.165) is 44.3 Å². The zero-order chi connectivity index (χ0) is 16.2. The van der Waals surface area contributed by atoms with Gasteiger partial charge in [0.25, 0.3) is 0 Å². The zero-order valence-corrected chi connectivity index (χ0v) is 12.6. The van der Waals surface area contributed by atoms with E-state index < -0.39 is 11.7 Å². The van der Waals surface area contributed by atoms with Gasteiger partial charge in [0, 0.05) is 24.6 Å². The van der Waals surface area contributed by atoms with Crippen LogP contribution in [0.4, 0.5) is 19.0 Å². The first-order valence-electron chi connectivity index (χ1n) is 7.94. The SMILES string of the molecule is O=C1CC2(CN1c1cc(C(F)(F)F)ccn1)C1CCC2CNC1. The molecule has 2 saturated heterocycles. The number of alkyl halides is 3. The second-order valence-corrected chi connectivity index (χ2v) is 6.92. The maximum atomic E-state index is 12.9. The Morgan fingerprint density at radius 1 is 1.26 bits per heavy atom. The van der Waals surface area contributed by atoms with Gasteiger partial charge in [-0.3, -0.25) is 9.69 Å². The molecule has 23 heavy (non-hydrogen) atoms. The Kier molecular flexibility index (Phi) is 3.20. The molecule has 3 heterocycles. The maximum absolute atomic E-state index is 12.9. The van der Waals surface area contributed by atoms with Crippen molar-refractivity contribution in [3.63, 3.8) is 0 Å². The Bertz CT molecular complexity index is 630. The smallest absolute Gasteiger partial charge is 0.316 e. The van der Waals surface area contributed by atoms with Crippen LogP contribution in [-0.4, -0.2) is 30.5 Å². The predicted molar refractivity (Wildman–Crippen MR) is 77.7 cm³/mol. The van der Waals surface area contributed by atoms with Crippen molar-refractivity contribution in [1.29, 1.82) is 0 Å². The predicted octanol–water partition coefficient (Wildman–Crippen LogP) is 2.45. The number of hydrogen-bond donors (Lipinski definition) is 1. The van der Waals surface area contributed by atoms with Crippen LogP contribution in [0.3, 0.4) is 0 Å². The number of pyridine rings is 1. The first kappa shape index (κ1) is 14.9. The van der Waals surface area contributed by atoms with E-state index >= 15 is 0 Å². The normalized spacial score (nSPS) is 33.7. The molecule has 3 fully saturated rings. The first-order valence-corrected chi connectivity index (χ1v) is 7.94.